The molecule has 2 rings (SSSR count). The molecule has 0 fully saturated rings. The first-order chi connectivity index (χ1) is 13.2. The molecule has 0 aliphatic carbocycles. The molecule has 11 heteroatoms. The fourth-order valence-corrected chi connectivity index (χ4v) is 2.39. The van der Waals surface area contributed by atoms with Gasteiger partial charge in [0.2, 0.25) is 5.91 Å². The third kappa shape index (κ3) is 4.31. The second-order valence-electron chi connectivity index (χ2n) is 5.78. The monoisotopic (exact) mass is 390 g/mol. The first-order valence-corrected chi connectivity index (χ1v) is 8.00. The lowest BCUT2D eigenvalue weighted by molar-refractivity contribution is -0.385. The van der Waals surface area contributed by atoms with Gasteiger partial charge in [0, 0.05) is 5.69 Å². The maximum Gasteiger partial charge on any atom is 0.337 e. The predicted octanol–water partition coefficient (Wildman–Crippen LogP) is 1.87. The van der Waals surface area contributed by atoms with Crippen molar-refractivity contribution in [1.82, 2.24) is 9.78 Å². The number of nitro groups is 1. The highest BCUT2D eigenvalue weighted by Gasteiger charge is 2.23. The van der Waals surface area contributed by atoms with Gasteiger partial charge in [0.1, 0.15) is 17.9 Å². The normalized spacial score (nSPS) is 11.4. The van der Waals surface area contributed by atoms with Gasteiger partial charge >= 0.3 is 17.6 Å². The molecule has 0 radical (unpaired) electrons. The fourth-order valence-electron chi connectivity index (χ4n) is 2.39. The van der Waals surface area contributed by atoms with Crippen molar-refractivity contribution in [2.45, 2.75) is 19.9 Å². The summed E-state index contributed by atoms with van der Waals surface area (Å²) in [6.07, 6.45) is 1.16. The van der Waals surface area contributed by atoms with Gasteiger partial charge in [0.05, 0.1) is 30.3 Å². The minimum absolute atomic E-state index is 0.0407. The number of anilines is 1. The number of amides is 1. The van der Waals surface area contributed by atoms with Crippen molar-refractivity contribution >= 4 is 29.2 Å². The van der Waals surface area contributed by atoms with Crippen LogP contribution in [0.4, 0.5) is 11.4 Å². The first kappa shape index (κ1) is 20.6. The van der Waals surface area contributed by atoms with Gasteiger partial charge in [-0.2, -0.15) is 5.10 Å². The van der Waals surface area contributed by atoms with Crippen LogP contribution < -0.4 is 5.32 Å². The quantitative estimate of drug-likeness (QED) is 0.447. The smallest absolute Gasteiger partial charge is 0.337 e. The van der Waals surface area contributed by atoms with Crippen LogP contribution in [0.25, 0.3) is 0 Å². The van der Waals surface area contributed by atoms with E-state index >= 15 is 0 Å². The van der Waals surface area contributed by atoms with Gasteiger partial charge in [-0.05, 0) is 32.0 Å². The Kier molecular flexibility index (Phi) is 6.08. The second-order valence-corrected chi connectivity index (χ2v) is 5.78. The Morgan fingerprint density at radius 1 is 1.14 bits per heavy atom. The summed E-state index contributed by atoms with van der Waals surface area (Å²) in [7, 11) is 2.36. The summed E-state index contributed by atoms with van der Waals surface area (Å²) in [6, 6.07) is 3.05. The number of aryl methyl sites for hydroxylation is 1. The zero-order chi connectivity index (χ0) is 21.0. The van der Waals surface area contributed by atoms with Crippen LogP contribution in [0, 0.1) is 17.0 Å². The lowest BCUT2D eigenvalue weighted by Gasteiger charge is -2.14. The third-order valence-electron chi connectivity index (χ3n) is 3.91. The van der Waals surface area contributed by atoms with Crippen LogP contribution in [0.15, 0.2) is 24.4 Å². The van der Waals surface area contributed by atoms with Gasteiger partial charge in [-0.25, -0.2) is 9.59 Å². The summed E-state index contributed by atoms with van der Waals surface area (Å²) < 4.78 is 10.4. The Hall–Kier alpha value is -3.76. The summed E-state index contributed by atoms with van der Waals surface area (Å²) in [6.45, 7) is 2.96. The van der Waals surface area contributed by atoms with E-state index in [9.17, 15) is 24.5 Å². The molecule has 0 saturated heterocycles. The number of carbonyl (C=O) groups excluding carboxylic acids is 3. The van der Waals surface area contributed by atoms with Gasteiger partial charge in [-0.3, -0.25) is 19.6 Å². The van der Waals surface area contributed by atoms with Crippen LogP contribution in [-0.4, -0.2) is 46.8 Å². The average molecular weight is 390 g/mol. The number of benzene rings is 1. The first-order valence-electron chi connectivity index (χ1n) is 8.00. The Labute approximate surface area is 159 Å². The molecule has 0 aliphatic heterocycles. The molecule has 1 aromatic heterocycles. The summed E-state index contributed by atoms with van der Waals surface area (Å²) in [4.78, 5) is 46.5. The Balaban J connectivity index is 2.31. The molecule has 0 aliphatic rings. The van der Waals surface area contributed by atoms with E-state index in [0.29, 0.717) is 0 Å². The molecular formula is C17H18N4O7. The third-order valence-corrected chi connectivity index (χ3v) is 3.91. The van der Waals surface area contributed by atoms with E-state index < -0.39 is 28.8 Å². The molecule has 1 unspecified atom stereocenters. The molecular weight excluding hydrogens is 372 g/mol. The molecule has 2 aromatic rings. The molecule has 1 atom stereocenters. The van der Waals surface area contributed by atoms with Crippen LogP contribution in [0.5, 0.6) is 0 Å². The minimum Gasteiger partial charge on any atom is -0.465 e. The topological polar surface area (TPSA) is 143 Å². The summed E-state index contributed by atoms with van der Waals surface area (Å²) >= 11 is 0. The van der Waals surface area contributed by atoms with E-state index in [1.54, 1.807) is 0 Å². The molecule has 28 heavy (non-hydrogen) atoms. The van der Waals surface area contributed by atoms with Crippen LogP contribution >= 0.6 is 0 Å². The van der Waals surface area contributed by atoms with Crippen molar-refractivity contribution in [3.05, 3.63) is 51.3 Å². The molecule has 0 bridgehead atoms. The van der Waals surface area contributed by atoms with Gasteiger partial charge in [-0.1, -0.05) is 0 Å². The van der Waals surface area contributed by atoms with Crippen molar-refractivity contribution < 1.29 is 28.8 Å². The number of rotatable bonds is 6. The van der Waals surface area contributed by atoms with E-state index in [1.807, 2.05) is 0 Å². The van der Waals surface area contributed by atoms with Gasteiger partial charge < -0.3 is 14.8 Å². The molecule has 1 N–H and O–H groups in total. The highest BCUT2D eigenvalue weighted by atomic mass is 16.6. The molecule has 0 saturated carbocycles. The number of hydrogen-bond acceptors (Lipinski definition) is 8. The SMILES string of the molecule is COC(=O)c1cc(NC(=O)C(C)n2cc([N+](=O)[O-])c(C)n2)cc(C(=O)OC)c1. The summed E-state index contributed by atoms with van der Waals surface area (Å²) in [5.74, 6) is -1.96. The van der Waals surface area contributed by atoms with Gasteiger partial charge in [0.25, 0.3) is 0 Å². The van der Waals surface area contributed by atoms with Crippen molar-refractivity contribution in [3.8, 4) is 0 Å². The van der Waals surface area contributed by atoms with E-state index in [-0.39, 0.29) is 28.2 Å². The van der Waals surface area contributed by atoms with Crippen LogP contribution in [0.2, 0.25) is 0 Å². The number of aromatic nitrogens is 2. The van der Waals surface area contributed by atoms with E-state index in [1.165, 1.54) is 46.3 Å². The molecule has 11 nitrogen and oxygen atoms in total. The molecule has 148 valence electrons. The highest BCUT2D eigenvalue weighted by Crippen LogP contribution is 2.21. The fraction of sp³-hybridized carbons (Fsp3) is 0.294. The molecule has 0 spiro atoms. The zero-order valence-electron chi connectivity index (χ0n) is 15.6. The number of methoxy groups -OCH3 is 2. The lowest BCUT2D eigenvalue weighted by Crippen LogP contribution is -2.24. The van der Waals surface area contributed by atoms with Crippen molar-refractivity contribution in [2.75, 3.05) is 19.5 Å². The van der Waals surface area contributed by atoms with E-state index in [0.717, 1.165) is 10.9 Å². The van der Waals surface area contributed by atoms with Crippen molar-refractivity contribution in [2.24, 2.45) is 0 Å². The maximum atomic E-state index is 12.5. The van der Waals surface area contributed by atoms with Crippen molar-refractivity contribution in [3.63, 3.8) is 0 Å². The number of carbonyl (C=O) groups is 3. The molecule has 1 amide bonds. The highest BCUT2D eigenvalue weighted by molar-refractivity contribution is 6.00. The minimum atomic E-state index is -0.893. The lowest BCUT2D eigenvalue weighted by atomic mass is 10.1. The predicted molar refractivity (Wildman–Crippen MR) is 96.1 cm³/mol. The molecule has 1 heterocycles. The number of esters is 2. The Morgan fingerprint density at radius 3 is 2.11 bits per heavy atom. The second kappa shape index (κ2) is 8.29. The maximum absolute atomic E-state index is 12.5. The van der Waals surface area contributed by atoms with Gasteiger partial charge in [0.15, 0.2) is 0 Å². The largest absolute Gasteiger partial charge is 0.465 e. The number of ether oxygens (including phenoxy) is 2. The summed E-state index contributed by atoms with van der Waals surface area (Å²) in [5, 5.41) is 17.5. The van der Waals surface area contributed by atoms with Crippen molar-refractivity contribution in [1.29, 1.82) is 0 Å². The average Bonchev–Trinajstić information content (AvgIpc) is 3.07. The number of hydrogen-bond donors (Lipinski definition) is 1. The van der Waals surface area contributed by atoms with Crippen LogP contribution in [0.1, 0.15) is 39.4 Å². The number of nitrogens with zero attached hydrogens (tertiary/aromatic N) is 3. The Bertz CT molecular complexity index is 917. The van der Waals surface area contributed by atoms with Crippen LogP contribution in [-0.2, 0) is 14.3 Å². The molecule has 1 aromatic carbocycles. The van der Waals surface area contributed by atoms with Crippen LogP contribution in [0.3, 0.4) is 0 Å². The Morgan fingerprint density at radius 2 is 1.68 bits per heavy atom. The number of nitrogens with one attached hydrogen (secondary N) is 1. The van der Waals surface area contributed by atoms with E-state index in [2.05, 4.69) is 19.9 Å². The summed E-state index contributed by atoms with van der Waals surface area (Å²) in [5.41, 5.74) is 0.196. The standard InChI is InChI=1S/C17H18N4O7/c1-9-14(21(25)26)8-20(19-9)10(2)15(22)18-13-6-11(16(23)27-3)5-12(7-13)17(24)28-4/h5-8,10H,1-4H3,(H,18,22). The van der Waals surface area contributed by atoms with Gasteiger partial charge in [-0.15, -0.1) is 0 Å². The zero-order valence-corrected chi connectivity index (χ0v) is 15.6. The van der Waals surface area contributed by atoms with E-state index in [4.69, 9.17) is 0 Å².